The van der Waals surface area contributed by atoms with Gasteiger partial charge in [0.15, 0.2) is 0 Å². The predicted octanol–water partition coefficient (Wildman–Crippen LogP) is 0.836. The Morgan fingerprint density at radius 2 is 1.81 bits per heavy atom. The molecule has 0 unspecified atom stereocenters. The highest BCUT2D eigenvalue weighted by Gasteiger charge is 2.17. The molecule has 148 valence electrons. The van der Waals surface area contributed by atoms with Gasteiger partial charge < -0.3 is 16.4 Å². The zero-order chi connectivity index (χ0) is 19.1. The molecule has 0 saturated heterocycles. The number of rotatable bonds is 8. The number of sulfonamides is 1. The predicted molar refractivity (Wildman–Crippen MR) is 104 cm³/mol. The summed E-state index contributed by atoms with van der Waals surface area (Å²) in [7, 11) is -3.68. The molecule has 1 aromatic carbocycles. The molecule has 2 amide bonds. The normalized spacial score (nSPS) is 11.4. The second kappa shape index (κ2) is 10.5. The first-order valence-electron chi connectivity index (χ1n) is 7.90. The number of nitrogens with two attached hydrogens (primary N) is 1. The van der Waals surface area contributed by atoms with Gasteiger partial charge in [-0.3, -0.25) is 9.59 Å². The molecule has 0 spiro atoms. The maximum atomic E-state index is 12.0. The van der Waals surface area contributed by atoms with Crippen LogP contribution in [0.5, 0.6) is 0 Å². The van der Waals surface area contributed by atoms with Gasteiger partial charge in [-0.15, -0.1) is 12.4 Å². The zero-order valence-corrected chi connectivity index (χ0v) is 16.8. The van der Waals surface area contributed by atoms with E-state index in [1.165, 1.54) is 18.2 Å². The van der Waals surface area contributed by atoms with Crippen LogP contribution in [0.3, 0.4) is 0 Å². The number of hydrogen-bond donors (Lipinski definition) is 4. The zero-order valence-electron chi connectivity index (χ0n) is 15.2. The monoisotopic (exact) mass is 406 g/mol. The summed E-state index contributed by atoms with van der Waals surface area (Å²) in [4.78, 5) is 23.6. The van der Waals surface area contributed by atoms with Crippen LogP contribution in [0.25, 0.3) is 0 Å². The molecular formula is C16H27ClN4O4S. The minimum atomic E-state index is -3.68. The van der Waals surface area contributed by atoms with Crippen molar-refractivity contribution in [3.8, 4) is 0 Å². The first kappa shape index (κ1) is 24.3. The first-order chi connectivity index (χ1) is 11.5. The second-order valence-electron chi connectivity index (χ2n) is 6.78. The van der Waals surface area contributed by atoms with Crippen molar-refractivity contribution in [3.63, 3.8) is 0 Å². The largest absolute Gasteiger partial charge is 0.347 e. The Balaban J connectivity index is 0.00000625. The molecule has 0 heterocycles. The van der Waals surface area contributed by atoms with Crippen LogP contribution in [0.15, 0.2) is 29.2 Å². The lowest BCUT2D eigenvalue weighted by atomic mass is 9.92. The number of hydrogen-bond acceptors (Lipinski definition) is 5. The van der Waals surface area contributed by atoms with Gasteiger partial charge in [-0.2, -0.15) is 0 Å². The molecule has 26 heavy (non-hydrogen) atoms. The molecule has 5 N–H and O–H groups in total. The third-order valence-corrected chi connectivity index (χ3v) is 4.46. The van der Waals surface area contributed by atoms with Crippen LogP contribution in [0, 0.1) is 5.41 Å². The summed E-state index contributed by atoms with van der Waals surface area (Å²) in [5.74, 6) is -0.656. The molecule has 0 saturated carbocycles. The molecule has 0 atom stereocenters. The van der Waals surface area contributed by atoms with Gasteiger partial charge >= 0.3 is 0 Å². The Morgan fingerprint density at radius 3 is 2.38 bits per heavy atom. The summed E-state index contributed by atoms with van der Waals surface area (Å²) < 4.78 is 26.4. The Kier molecular flexibility index (Phi) is 9.79. The highest BCUT2D eigenvalue weighted by molar-refractivity contribution is 7.89. The van der Waals surface area contributed by atoms with Crippen molar-refractivity contribution in [1.29, 1.82) is 0 Å². The van der Waals surface area contributed by atoms with E-state index in [2.05, 4.69) is 15.4 Å². The van der Waals surface area contributed by atoms with Gasteiger partial charge in [-0.1, -0.05) is 26.8 Å². The molecule has 1 rings (SSSR count). The van der Waals surface area contributed by atoms with Gasteiger partial charge in [-0.25, -0.2) is 13.1 Å². The number of carbonyl (C=O) groups is 2. The topological polar surface area (TPSA) is 130 Å². The number of benzene rings is 1. The van der Waals surface area contributed by atoms with Crippen molar-refractivity contribution in [1.82, 2.24) is 10.0 Å². The SMILES string of the molecule is CC(C)(C)CC(=O)NCC(=O)Nc1cccc(S(=O)(=O)NCCN)c1.Cl. The maximum Gasteiger partial charge on any atom is 0.243 e. The lowest BCUT2D eigenvalue weighted by Gasteiger charge is -2.17. The third kappa shape index (κ3) is 9.14. The smallest absolute Gasteiger partial charge is 0.243 e. The van der Waals surface area contributed by atoms with E-state index >= 15 is 0 Å². The second-order valence-corrected chi connectivity index (χ2v) is 8.54. The van der Waals surface area contributed by atoms with E-state index in [9.17, 15) is 18.0 Å². The van der Waals surface area contributed by atoms with E-state index in [-0.39, 0.29) is 48.3 Å². The number of halogens is 1. The summed E-state index contributed by atoms with van der Waals surface area (Å²) >= 11 is 0. The lowest BCUT2D eigenvalue weighted by Crippen LogP contribution is -2.34. The highest BCUT2D eigenvalue weighted by atomic mass is 35.5. The molecule has 1 aromatic rings. The first-order valence-corrected chi connectivity index (χ1v) is 9.38. The van der Waals surface area contributed by atoms with Crippen molar-refractivity contribution >= 4 is 39.9 Å². The summed E-state index contributed by atoms with van der Waals surface area (Å²) in [5.41, 5.74) is 5.44. The number of amides is 2. The summed E-state index contributed by atoms with van der Waals surface area (Å²) in [6.45, 7) is 5.91. The van der Waals surface area contributed by atoms with Crippen LogP contribution in [-0.2, 0) is 19.6 Å². The number of anilines is 1. The molecule has 0 aliphatic carbocycles. The van der Waals surface area contributed by atoms with E-state index in [0.717, 1.165) is 0 Å². The fraction of sp³-hybridized carbons (Fsp3) is 0.500. The van der Waals surface area contributed by atoms with E-state index in [1.807, 2.05) is 20.8 Å². The quantitative estimate of drug-likeness (QED) is 0.508. The Bertz CT molecular complexity index is 717. The Hall–Kier alpha value is -1.68. The van der Waals surface area contributed by atoms with Crippen molar-refractivity contribution < 1.29 is 18.0 Å². The standard InChI is InChI=1S/C16H26N4O4S.ClH/c1-16(2,3)10-14(21)18-11-15(22)20-12-5-4-6-13(9-12)25(23,24)19-8-7-17;/h4-6,9,19H,7-8,10-11,17H2,1-3H3,(H,18,21)(H,20,22);1H. The van der Waals surface area contributed by atoms with Gasteiger partial charge in [0.25, 0.3) is 0 Å². The summed E-state index contributed by atoms with van der Waals surface area (Å²) in [6.07, 6.45) is 0.306. The van der Waals surface area contributed by atoms with E-state index in [1.54, 1.807) is 6.07 Å². The van der Waals surface area contributed by atoms with Gasteiger partial charge in [0, 0.05) is 25.2 Å². The molecule has 0 aromatic heterocycles. The molecule has 0 bridgehead atoms. The van der Waals surface area contributed by atoms with Gasteiger partial charge in [-0.05, 0) is 23.6 Å². The van der Waals surface area contributed by atoms with Crippen LogP contribution in [0.4, 0.5) is 5.69 Å². The van der Waals surface area contributed by atoms with Gasteiger partial charge in [0.05, 0.1) is 11.4 Å². The summed E-state index contributed by atoms with van der Waals surface area (Å²) in [5, 5.41) is 5.09. The number of carbonyl (C=O) groups excluding carboxylic acids is 2. The third-order valence-electron chi connectivity index (χ3n) is 3.00. The molecule has 0 aliphatic heterocycles. The summed E-state index contributed by atoms with van der Waals surface area (Å²) in [6, 6.07) is 5.84. The van der Waals surface area contributed by atoms with E-state index in [4.69, 9.17) is 5.73 Å². The minimum absolute atomic E-state index is 0. The Labute approximate surface area is 160 Å². The molecular weight excluding hydrogens is 380 g/mol. The van der Waals surface area contributed by atoms with Gasteiger partial charge in [0.2, 0.25) is 21.8 Å². The van der Waals surface area contributed by atoms with Crippen molar-refractivity contribution in [2.75, 3.05) is 25.0 Å². The molecule has 0 aliphatic rings. The molecule has 0 radical (unpaired) electrons. The van der Waals surface area contributed by atoms with Crippen LogP contribution < -0.4 is 21.1 Å². The average molecular weight is 407 g/mol. The van der Waals surface area contributed by atoms with Crippen LogP contribution in [-0.4, -0.2) is 39.9 Å². The van der Waals surface area contributed by atoms with Crippen molar-refractivity contribution in [2.24, 2.45) is 11.1 Å². The fourth-order valence-corrected chi connectivity index (χ4v) is 3.04. The lowest BCUT2D eigenvalue weighted by molar-refractivity contribution is -0.125. The minimum Gasteiger partial charge on any atom is -0.347 e. The van der Waals surface area contributed by atoms with E-state index in [0.29, 0.717) is 12.1 Å². The fourth-order valence-electron chi connectivity index (χ4n) is 1.95. The van der Waals surface area contributed by atoms with Crippen LogP contribution in [0.1, 0.15) is 27.2 Å². The molecule has 10 heteroatoms. The van der Waals surface area contributed by atoms with Crippen LogP contribution in [0.2, 0.25) is 0 Å². The van der Waals surface area contributed by atoms with Gasteiger partial charge in [0.1, 0.15) is 0 Å². The van der Waals surface area contributed by atoms with E-state index < -0.39 is 15.9 Å². The molecule has 8 nitrogen and oxygen atoms in total. The van der Waals surface area contributed by atoms with Crippen molar-refractivity contribution in [3.05, 3.63) is 24.3 Å². The maximum absolute atomic E-state index is 12.0. The number of nitrogens with one attached hydrogen (secondary N) is 3. The Morgan fingerprint density at radius 1 is 1.15 bits per heavy atom. The highest BCUT2D eigenvalue weighted by Crippen LogP contribution is 2.18. The van der Waals surface area contributed by atoms with Crippen LogP contribution >= 0.6 is 12.4 Å². The average Bonchev–Trinajstić information content (AvgIpc) is 2.50. The van der Waals surface area contributed by atoms with Crippen molar-refractivity contribution in [2.45, 2.75) is 32.1 Å². The molecule has 0 fully saturated rings.